The number of nitrogens with zero attached hydrogens (tertiary/aromatic N) is 3. The summed E-state index contributed by atoms with van der Waals surface area (Å²) in [6.45, 7) is 1.89. The molecule has 3 rings (SSSR count). The van der Waals surface area contributed by atoms with E-state index in [4.69, 9.17) is 16.3 Å². The predicted molar refractivity (Wildman–Crippen MR) is 102 cm³/mol. The molecule has 1 aromatic carbocycles. The summed E-state index contributed by atoms with van der Waals surface area (Å²) in [7, 11) is -2.50. The molecule has 7 nitrogen and oxygen atoms in total. The molecule has 1 N–H and O–H groups in total. The van der Waals surface area contributed by atoms with E-state index in [0.29, 0.717) is 5.02 Å². The van der Waals surface area contributed by atoms with Crippen molar-refractivity contribution in [2.24, 2.45) is 0 Å². The number of halogens is 1. The summed E-state index contributed by atoms with van der Waals surface area (Å²) >= 11 is 5.92. The van der Waals surface area contributed by atoms with Crippen molar-refractivity contribution in [3.05, 3.63) is 35.4 Å². The molecular formula is C17H21ClN4O3S. The van der Waals surface area contributed by atoms with E-state index in [1.165, 1.54) is 32.1 Å². The molecule has 1 saturated heterocycles. The Balaban J connectivity index is 1.79. The van der Waals surface area contributed by atoms with Crippen LogP contribution in [0.2, 0.25) is 5.02 Å². The topological polar surface area (TPSA) is 84.4 Å². The molecule has 0 radical (unpaired) electrons. The van der Waals surface area contributed by atoms with E-state index in [1.54, 1.807) is 18.2 Å². The van der Waals surface area contributed by atoms with Crippen LogP contribution in [-0.4, -0.2) is 38.8 Å². The van der Waals surface area contributed by atoms with E-state index < -0.39 is 10.0 Å². The third-order valence-corrected chi connectivity index (χ3v) is 5.85. The van der Waals surface area contributed by atoms with Crippen LogP contribution in [0.1, 0.15) is 25.7 Å². The van der Waals surface area contributed by atoms with Crippen LogP contribution in [0.15, 0.2) is 35.2 Å². The maximum atomic E-state index is 12.6. The second-order valence-corrected chi connectivity index (χ2v) is 8.17. The van der Waals surface area contributed by atoms with Crippen molar-refractivity contribution in [1.82, 2.24) is 10.2 Å². The number of benzene rings is 1. The van der Waals surface area contributed by atoms with Gasteiger partial charge in [0, 0.05) is 18.1 Å². The average Bonchev–Trinajstić information content (AvgIpc) is 2.91. The lowest BCUT2D eigenvalue weighted by molar-refractivity contribution is 0.403. The second-order valence-electron chi connectivity index (χ2n) is 6.08. The quantitative estimate of drug-likeness (QED) is 0.834. The first-order chi connectivity index (χ1) is 12.5. The third-order valence-electron chi connectivity index (χ3n) is 4.23. The molecule has 0 amide bonds. The SMILES string of the molecule is COc1ccc(Cl)cc1S(=O)(=O)Nc1ccc(N2CCCCCC2)nn1. The van der Waals surface area contributed by atoms with Gasteiger partial charge in [-0.05, 0) is 43.2 Å². The van der Waals surface area contributed by atoms with Crippen molar-refractivity contribution >= 4 is 33.3 Å². The molecule has 0 atom stereocenters. The van der Waals surface area contributed by atoms with E-state index in [-0.39, 0.29) is 16.5 Å². The van der Waals surface area contributed by atoms with Gasteiger partial charge in [0.15, 0.2) is 11.6 Å². The summed E-state index contributed by atoms with van der Waals surface area (Å²) in [6.07, 6.45) is 4.71. The lowest BCUT2D eigenvalue weighted by Gasteiger charge is -2.20. The zero-order valence-corrected chi connectivity index (χ0v) is 16.1. The molecule has 2 heterocycles. The molecule has 140 valence electrons. The van der Waals surface area contributed by atoms with Gasteiger partial charge in [0.2, 0.25) is 0 Å². The van der Waals surface area contributed by atoms with E-state index in [0.717, 1.165) is 31.7 Å². The Morgan fingerprint density at radius 3 is 2.42 bits per heavy atom. The zero-order chi connectivity index (χ0) is 18.6. The van der Waals surface area contributed by atoms with E-state index >= 15 is 0 Å². The summed E-state index contributed by atoms with van der Waals surface area (Å²) in [5.74, 6) is 1.11. The summed E-state index contributed by atoms with van der Waals surface area (Å²) in [4.78, 5) is 2.13. The Kier molecular flexibility index (Phi) is 5.83. The monoisotopic (exact) mass is 396 g/mol. The van der Waals surface area contributed by atoms with Gasteiger partial charge in [-0.2, -0.15) is 0 Å². The number of hydrogen-bond acceptors (Lipinski definition) is 6. The molecule has 26 heavy (non-hydrogen) atoms. The molecule has 0 spiro atoms. The molecule has 2 aromatic rings. The summed E-state index contributed by atoms with van der Waals surface area (Å²) < 4.78 is 32.8. The standard InChI is InChI=1S/C17H21ClN4O3S/c1-25-14-7-6-13(18)12-15(14)26(23,24)21-16-8-9-17(20-19-16)22-10-4-2-3-5-11-22/h6-9,12H,2-5,10-11H2,1H3,(H,19,21). The van der Waals surface area contributed by atoms with Gasteiger partial charge in [0.05, 0.1) is 7.11 Å². The minimum Gasteiger partial charge on any atom is -0.495 e. The lowest BCUT2D eigenvalue weighted by Crippen LogP contribution is -2.25. The van der Waals surface area contributed by atoms with Crippen molar-refractivity contribution in [1.29, 1.82) is 0 Å². The molecule has 9 heteroatoms. The van der Waals surface area contributed by atoms with Gasteiger partial charge >= 0.3 is 0 Å². The van der Waals surface area contributed by atoms with Crippen LogP contribution in [0.4, 0.5) is 11.6 Å². The number of nitrogens with one attached hydrogen (secondary N) is 1. The third kappa shape index (κ3) is 4.37. The smallest absolute Gasteiger partial charge is 0.266 e. The molecule has 1 fully saturated rings. The van der Waals surface area contributed by atoms with Crippen LogP contribution in [-0.2, 0) is 10.0 Å². The Bertz CT molecular complexity index is 851. The van der Waals surface area contributed by atoms with Gasteiger partial charge in [-0.25, -0.2) is 8.42 Å². The largest absolute Gasteiger partial charge is 0.495 e. The molecule has 0 bridgehead atoms. The fourth-order valence-electron chi connectivity index (χ4n) is 2.90. The van der Waals surface area contributed by atoms with Crippen molar-refractivity contribution in [2.75, 3.05) is 29.8 Å². The van der Waals surface area contributed by atoms with Crippen molar-refractivity contribution < 1.29 is 13.2 Å². The second kappa shape index (κ2) is 8.09. The maximum absolute atomic E-state index is 12.6. The highest BCUT2D eigenvalue weighted by molar-refractivity contribution is 7.92. The highest BCUT2D eigenvalue weighted by Gasteiger charge is 2.21. The molecule has 1 aromatic heterocycles. The van der Waals surface area contributed by atoms with Crippen LogP contribution in [0.3, 0.4) is 0 Å². The Morgan fingerprint density at radius 2 is 1.81 bits per heavy atom. The first kappa shape index (κ1) is 18.7. The highest BCUT2D eigenvalue weighted by atomic mass is 35.5. The van der Waals surface area contributed by atoms with E-state index in [1.807, 2.05) is 0 Å². The summed E-state index contributed by atoms with van der Waals surface area (Å²) in [5, 5.41) is 8.49. The zero-order valence-electron chi connectivity index (χ0n) is 14.5. The number of hydrogen-bond donors (Lipinski definition) is 1. The fourth-order valence-corrected chi connectivity index (χ4v) is 4.33. The predicted octanol–water partition coefficient (Wildman–Crippen LogP) is 3.32. The number of ether oxygens (including phenoxy) is 1. The number of anilines is 2. The van der Waals surface area contributed by atoms with Crippen LogP contribution < -0.4 is 14.4 Å². The summed E-state index contributed by atoms with van der Waals surface area (Å²) in [6, 6.07) is 7.80. The minimum atomic E-state index is -3.90. The lowest BCUT2D eigenvalue weighted by atomic mass is 10.2. The minimum absolute atomic E-state index is 0.0501. The Hall–Kier alpha value is -2.06. The van der Waals surface area contributed by atoms with Crippen molar-refractivity contribution in [3.8, 4) is 5.75 Å². The first-order valence-electron chi connectivity index (χ1n) is 8.44. The average molecular weight is 397 g/mol. The van der Waals surface area contributed by atoms with Crippen LogP contribution in [0, 0.1) is 0 Å². The van der Waals surface area contributed by atoms with Crippen LogP contribution >= 0.6 is 11.6 Å². The van der Waals surface area contributed by atoms with Gasteiger partial charge in [0.25, 0.3) is 10.0 Å². The van der Waals surface area contributed by atoms with Crippen LogP contribution in [0.5, 0.6) is 5.75 Å². The first-order valence-corrected chi connectivity index (χ1v) is 10.3. The van der Waals surface area contributed by atoms with Crippen LogP contribution in [0.25, 0.3) is 0 Å². The number of methoxy groups -OCH3 is 1. The molecule has 0 saturated carbocycles. The Morgan fingerprint density at radius 1 is 1.08 bits per heavy atom. The number of aromatic nitrogens is 2. The highest BCUT2D eigenvalue weighted by Crippen LogP contribution is 2.28. The number of sulfonamides is 1. The Labute approximate surface area is 158 Å². The van der Waals surface area contributed by atoms with Gasteiger partial charge in [-0.3, -0.25) is 4.72 Å². The van der Waals surface area contributed by atoms with E-state index in [2.05, 4.69) is 19.8 Å². The van der Waals surface area contributed by atoms with E-state index in [9.17, 15) is 8.42 Å². The molecule has 0 unspecified atom stereocenters. The van der Waals surface area contributed by atoms with Gasteiger partial charge in [0.1, 0.15) is 10.6 Å². The molecule has 0 aliphatic carbocycles. The maximum Gasteiger partial charge on any atom is 0.266 e. The van der Waals surface area contributed by atoms with Gasteiger partial charge in [-0.15, -0.1) is 10.2 Å². The molecular weight excluding hydrogens is 376 g/mol. The summed E-state index contributed by atoms with van der Waals surface area (Å²) in [5.41, 5.74) is 0. The molecule has 1 aliphatic rings. The fraction of sp³-hybridized carbons (Fsp3) is 0.412. The van der Waals surface area contributed by atoms with Gasteiger partial charge < -0.3 is 9.64 Å². The van der Waals surface area contributed by atoms with Crippen molar-refractivity contribution in [3.63, 3.8) is 0 Å². The number of rotatable bonds is 5. The van der Waals surface area contributed by atoms with Crippen molar-refractivity contribution in [2.45, 2.75) is 30.6 Å². The van der Waals surface area contributed by atoms with Gasteiger partial charge in [-0.1, -0.05) is 24.4 Å². The normalized spacial score (nSPS) is 15.4. The molecule has 1 aliphatic heterocycles.